The summed E-state index contributed by atoms with van der Waals surface area (Å²) in [5.41, 5.74) is 0. The molecule has 2 atom stereocenters. The van der Waals surface area contributed by atoms with Crippen LogP contribution in [0.5, 0.6) is 0 Å². The number of phosphoric acid groups is 1. The van der Waals surface area contributed by atoms with Gasteiger partial charge in [0.1, 0.15) is 6.61 Å². The van der Waals surface area contributed by atoms with Gasteiger partial charge in [-0.2, -0.15) is 0 Å². The molecular weight excluding hydrogens is 687 g/mol. The predicted octanol–water partition coefficient (Wildman–Crippen LogP) is 14.1. The van der Waals surface area contributed by atoms with Crippen molar-refractivity contribution in [1.29, 1.82) is 0 Å². The van der Waals surface area contributed by atoms with Gasteiger partial charge in [0.05, 0.1) is 13.2 Å². The fourth-order valence-corrected chi connectivity index (χ4v) is 7.26. The maximum Gasteiger partial charge on any atom is 0.472 e. The van der Waals surface area contributed by atoms with E-state index in [1.165, 1.54) is 141 Å². The van der Waals surface area contributed by atoms with Crippen LogP contribution in [0.3, 0.4) is 0 Å². The molecule has 0 aromatic heterocycles. The Labute approximate surface area is 327 Å². The summed E-state index contributed by atoms with van der Waals surface area (Å²) < 4.78 is 32.6. The van der Waals surface area contributed by atoms with E-state index >= 15 is 0 Å². The van der Waals surface area contributed by atoms with Crippen LogP contribution in [0.1, 0.15) is 233 Å². The van der Waals surface area contributed by atoms with Gasteiger partial charge in [-0.05, 0) is 45.4 Å². The molecule has 0 fully saturated rings. The lowest BCUT2D eigenvalue weighted by molar-refractivity contribution is -0.161. The van der Waals surface area contributed by atoms with Gasteiger partial charge in [0.25, 0.3) is 0 Å². The highest BCUT2D eigenvalue weighted by molar-refractivity contribution is 7.47. The number of carbonyl (C=O) groups is 2. The Morgan fingerprint density at radius 2 is 0.849 bits per heavy atom. The van der Waals surface area contributed by atoms with Crippen molar-refractivity contribution in [2.75, 3.05) is 19.8 Å². The molecule has 0 amide bonds. The number of allylic oxidation sites excluding steroid dienone is 2. The molecule has 0 saturated heterocycles. The Bertz CT molecular complexity index is 879. The molecule has 0 bridgehead atoms. The van der Waals surface area contributed by atoms with Crippen molar-refractivity contribution >= 4 is 19.8 Å². The van der Waals surface area contributed by atoms with Crippen LogP contribution in [0, 0.1) is 0 Å². The number of hydrogen-bond acceptors (Lipinski definition) is 7. The highest BCUT2D eigenvalue weighted by Crippen LogP contribution is 2.43. The number of hydrogen-bond donors (Lipinski definition) is 1. The zero-order chi connectivity index (χ0) is 38.9. The third-order valence-electron chi connectivity index (χ3n) is 9.82. The van der Waals surface area contributed by atoms with Gasteiger partial charge in [-0.15, -0.1) is 0 Å². The second-order valence-electron chi connectivity index (χ2n) is 15.1. The van der Waals surface area contributed by atoms with E-state index in [1.807, 2.05) is 0 Å². The smallest absolute Gasteiger partial charge is 0.462 e. The lowest BCUT2D eigenvalue weighted by Gasteiger charge is -2.19. The highest BCUT2D eigenvalue weighted by atomic mass is 31.2. The van der Waals surface area contributed by atoms with Gasteiger partial charge in [-0.3, -0.25) is 18.6 Å². The molecule has 0 aliphatic carbocycles. The van der Waals surface area contributed by atoms with Crippen molar-refractivity contribution in [3.05, 3.63) is 12.2 Å². The zero-order valence-corrected chi connectivity index (χ0v) is 35.8. The molecule has 314 valence electrons. The Morgan fingerprint density at radius 3 is 1.28 bits per heavy atom. The molecule has 53 heavy (non-hydrogen) atoms. The van der Waals surface area contributed by atoms with Crippen LogP contribution in [0.25, 0.3) is 0 Å². The molecular formula is C44H85O8P. The van der Waals surface area contributed by atoms with Crippen molar-refractivity contribution < 1.29 is 37.6 Å². The number of ether oxygens (including phenoxy) is 2. The van der Waals surface area contributed by atoms with Gasteiger partial charge in [0.2, 0.25) is 0 Å². The summed E-state index contributed by atoms with van der Waals surface area (Å²) in [5.74, 6) is -0.796. The fourth-order valence-electron chi connectivity index (χ4n) is 6.51. The average molecular weight is 773 g/mol. The number of esters is 2. The summed E-state index contributed by atoms with van der Waals surface area (Å²) in [6.45, 7) is 5.47. The Balaban J connectivity index is 3.96. The molecule has 0 saturated carbocycles. The maximum atomic E-state index is 12.5. The predicted molar refractivity (Wildman–Crippen MR) is 221 cm³/mol. The van der Waals surface area contributed by atoms with Crippen molar-refractivity contribution in [2.45, 2.75) is 239 Å². The lowest BCUT2D eigenvalue weighted by atomic mass is 10.0. The van der Waals surface area contributed by atoms with Gasteiger partial charge in [-0.25, -0.2) is 4.57 Å². The molecule has 1 N–H and O–H groups in total. The van der Waals surface area contributed by atoms with Crippen LogP contribution in [-0.2, 0) is 32.7 Å². The first kappa shape index (κ1) is 51.8. The number of unbranched alkanes of at least 4 members (excludes halogenated alkanes) is 28. The topological polar surface area (TPSA) is 108 Å². The van der Waals surface area contributed by atoms with E-state index in [-0.39, 0.29) is 25.6 Å². The SMILES string of the molecule is CCCCC/C=C\CCCCCCCC(=O)OC(COC(=O)CCCCCCCCCCCCCCCCCCCCCCC)COP(=O)(O)OCC. The van der Waals surface area contributed by atoms with Crippen LogP contribution < -0.4 is 0 Å². The molecule has 0 rings (SSSR count). The monoisotopic (exact) mass is 773 g/mol. The molecule has 0 spiro atoms. The van der Waals surface area contributed by atoms with E-state index < -0.39 is 26.5 Å². The van der Waals surface area contributed by atoms with E-state index in [0.29, 0.717) is 12.8 Å². The average Bonchev–Trinajstić information content (AvgIpc) is 3.13. The largest absolute Gasteiger partial charge is 0.472 e. The first-order valence-corrected chi connectivity index (χ1v) is 24.0. The Kier molecular flexibility index (Phi) is 39.5. The van der Waals surface area contributed by atoms with E-state index in [2.05, 4.69) is 26.0 Å². The van der Waals surface area contributed by atoms with E-state index in [1.54, 1.807) is 6.92 Å². The first-order chi connectivity index (χ1) is 25.8. The van der Waals surface area contributed by atoms with Gasteiger partial charge in [0.15, 0.2) is 6.10 Å². The van der Waals surface area contributed by atoms with Crippen molar-refractivity contribution in [1.82, 2.24) is 0 Å². The number of rotatable bonds is 42. The minimum absolute atomic E-state index is 0.00196. The van der Waals surface area contributed by atoms with Crippen LogP contribution in [0.2, 0.25) is 0 Å². The van der Waals surface area contributed by atoms with Crippen LogP contribution in [0.4, 0.5) is 0 Å². The zero-order valence-electron chi connectivity index (χ0n) is 34.9. The highest BCUT2D eigenvalue weighted by Gasteiger charge is 2.25. The standard InChI is InChI=1S/C44H85O8P/c1-4-7-9-11-13-15-17-19-20-21-22-23-24-25-26-27-29-30-32-34-36-38-43(45)49-40-42(41-51-53(47,48)50-6-3)52-44(46)39-37-35-33-31-28-18-16-14-12-10-8-5-2/h14,16,42H,4-13,15,17-41H2,1-3H3,(H,47,48)/b16-14-. The summed E-state index contributed by atoms with van der Waals surface area (Å²) in [5, 5.41) is 0. The van der Waals surface area contributed by atoms with E-state index in [4.69, 9.17) is 18.5 Å². The Hall–Kier alpha value is -1.21. The van der Waals surface area contributed by atoms with Gasteiger partial charge in [-0.1, -0.05) is 187 Å². The quantitative estimate of drug-likeness (QED) is 0.0283. The number of phosphoric ester groups is 1. The molecule has 0 aliphatic heterocycles. The first-order valence-electron chi connectivity index (χ1n) is 22.5. The molecule has 9 heteroatoms. The van der Waals surface area contributed by atoms with Crippen molar-refractivity contribution in [3.8, 4) is 0 Å². The molecule has 0 radical (unpaired) electrons. The van der Waals surface area contributed by atoms with E-state index in [0.717, 1.165) is 51.4 Å². The third-order valence-corrected chi connectivity index (χ3v) is 10.9. The Morgan fingerprint density at radius 1 is 0.491 bits per heavy atom. The molecule has 0 aromatic rings. The summed E-state index contributed by atoms with van der Waals surface area (Å²) in [6.07, 6.45) is 42.7. The third kappa shape index (κ3) is 40.3. The summed E-state index contributed by atoms with van der Waals surface area (Å²) in [4.78, 5) is 34.7. The normalized spacial score (nSPS) is 13.4. The van der Waals surface area contributed by atoms with Crippen molar-refractivity contribution in [2.24, 2.45) is 0 Å². The molecule has 0 heterocycles. The molecule has 8 nitrogen and oxygen atoms in total. The summed E-state index contributed by atoms with van der Waals surface area (Å²) in [6, 6.07) is 0. The van der Waals surface area contributed by atoms with E-state index in [9.17, 15) is 19.0 Å². The van der Waals surface area contributed by atoms with Gasteiger partial charge >= 0.3 is 19.8 Å². The van der Waals surface area contributed by atoms with Crippen LogP contribution >= 0.6 is 7.82 Å². The lowest BCUT2D eigenvalue weighted by Crippen LogP contribution is -2.29. The molecule has 0 aromatic carbocycles. The second kappa shape index (κ2) is 40.5. The molecule has 2 unspecified atom stereocenters. The summed E-state index contributed by atoms with van der Waals surface area (Å²) >= 11 is 0. The van der Waals surface area contributed by atoms with Gasteiger partial charge in [0, 0.05) is 12.8 Å². The van der Waals surface area contributed by atoms with Gasteiger partial charge < -0.3 is 14.4 Å². The minimum atomic E-state index is -4.27. The second-order valence-corrected chi connectivity index (χ2v) is 16.5. The van der Waals surface area contributed by atoms with Crippen LogP contribution in [-0.4, -0.2) is 42.8 Å². The molecule has 0 aliphatic rings. The minimum Gasteiger partial charge on any atom is -0.462 e. The number of carbonyl (C=O) groups excluding carboxylic acids is 2. The summed E-state index contributed by atoms with van der Waals surface area (Å²) in [7, 11) is -4.27. The fraction of sp³-hybridized carbons (Fsp3) is 0.909. The maximum absolute atomic E-state index is 12.5. The van der Waals surface area contributed by atoms with Crippen LogP contribution in [0.15, 0.2) is 12.2 Å². The van der Waals surface area contributed by atoms with Crippen molar-refractivity contribution in [3.63, 3.8) is 0 Å².